The molecule has 8 heteroatoms. The van der Waals surface area contributed by atoms with Crippen molar-refractivity contribution in [1.82, 2.24) is 20.2 Å². The van der Waals surface area contributed by atoms with Crippen molar-refractivity contribution in [3.05, 3.63) is 65.5 Å². The molecule has 0 spiro atoms. The number of allylic oxidation sites excluding steroid dienone is 1. The van der Waals surface area contributed by atoms with Gasteiger partial charge in [-0.3, -0.25) is 0 Å². The van der Waals surface area contributed by atoms with Crippen molar-refractivity contribution in [2.45, 2.75) is 6.04 Å². The third kappa shape index (κ3) is 2.75. The number of fused-ring (bicyclic) bond motifs is 1. The van der Waals surface area contributed by atoms with Crippen LogP contribution in [0.3, 0.4) is 0 Å². The normalized spacial score (nSPS) is 15.7. The van der Waals surface area contributed by atoms with E-state index in [1.165, 1.54) is 12.1 Å². The zero-order valence-electron chi connectivity index (χ0n) is 14.2. The monoisotopic (exact) mass is 353 g/mol. The largest absolute Gasteiger partial charge is 0.497 e. The molecule has 1 N–H and O–H groups in total. The number of nitrogens with one attached hydrogen (secondary N) is 1. The first-order valence-corrected chi connectivity index (χ1v) is 7.94. The molecule has 1 aromatic heterocycles. The molecule has 0 saturated carbocycles. The maximum absolute atomic E-state index is 13.3. The molecule has 0 unspecified atom stereocenters. The lowest BCUT2D eigenvalue weighted by molar-refractivity contribution is 0.387. The van der Waals surface area contributed by atoms with E-state index in [2.05, 4.69) is 20.8 Å². The minimum Gasteiger partial charge on any atom is -0.497 e. The van der Waals surface area contributed by atoms with E-state index in [9.17, 15) is 4.39 Å². The summed E-state index contributed by atoms with van der Waals surface area (Å²) in [6.07, 6.45) is 1.97. The summed E-state index contributed by atoms with van der Waals surface area (Å²) in [6.45, 7) is 0. The zero-order valence-corrected chi connectivity index (χ0v) is 14.2. The Kier molecular flexibility index (Phi) is 4.00. The van der Waals surface area contributed by atoms with E-state index < -0.39 is 0 Å². The number of methoxy groups -OCH3 is 2. The van der Waals surface area contributed by atoms with Crippen LogP contribution < -0.4 is 14.8 Å². The number of halogens is 1. The summed E-state index contributed by atoms with van der Waals surface area (Å²) >= 11 is 0. The van der Waals surface area contributed by atoms with Crippen LogP contribution in [0.5, 0.6) is 11.5 Å². The maximum Gasteiger partial charge on any atom is 0.248 e. The van der Waals surface area contributed by atoms with Crippen molar-refractivity contribution in [2.24, 2.45) is 0 Å². The van der Waals surface area contributed by atoms with Crippen molar-refractivity contribution in [2.75, 3.05) is 19.5 Å². The highest BCUT2D eigenvalue weighted by Gasteiger charge is 2.26. The number of aromatic nitrogens is 4. The molecule has 4 rings (SSSR count). The molecule has 0 bridgehead atoms. The SMILES string of the molecule is COc1ccc([C@H]2C=C(c3ccc(F)cc3)Nc3nnnn32)c(OC)c1. The molecular weight excluding hydrogens is 337 g/mol. The highest BCUT2D eigenvalue weighted by atomic mass is 19.1. The predicted octanol–water partition coefficient (Wildman–Crippen LogP) is 2.89. The Morgan fingerprint density at radius 1 is 1.08 bits per heavy atom. The Hall–Kier alpha value is -3.42. The van der Waals surface area contributed by atoms with E-state index in [1.807, 2.05) is 24.3 Å². The summed E-state index contributed by atoms with van der Waals surface area (Å²) in [5.41, 5.74) is 2.50. The van der Waals surface area contributed by atoms with Crippen LogP contribution in [0.1, 0.15) is 17.2 Å². The lowest BCUT2D eigenvalue weighted by Gasteiger charge is -2.24. The molecule has 0 aliphatic carbocycles. The molecular formula is C18H16FN5O2. The molecule has 1 aliphatic rings. The van der Waals surface area contributed by atoms with Crippen molar-refractivity contribution in [3.63, 3.8) is 0 Å². The summed E-state index contributed by atoms with van der Waals surface area (Å²) < 4.78 is 25.7. The fourth-order valence-corrected chi connectivity index (χ4v) is 2.94. The Morgan fingerprint density at radius 2 is 1.88 bits per heavy atom. The minimum absolute atomic E-state index is 0.289. The van der Waals surface area contributed by atoms with Crippen molar-refractivity contribution in [1.29, 1.82) is 0 Å². The van der Waals surface area contributed by atoms with E-state index in [0.29, 0.717) is 17.4 Å². The quantitative estimate of drug-likeness (QED) is 0.777. The average Bonchev–Trinajstić information content (AvgIpc) is 3.16. The maximum atomic E-state index is 13.3. The molecule has 0 radical (unpaired) electrons. The summed E-state index contributed by atoms with van der Waals surface area (Å²) in [5.74, 6) is 1.56. The van der Waals surface area contributed by atoms with E-state index >= 15 is 0 Å². The van der Waals surface area contributed by atoms with E-state index in [-0.39, 0.29) is 11.9 Å². The van der Waals surface area contributed by atoms with Gasteiger partial charge in [0.2, 0.25) is 5.95 Å². The number of ether oxygens (including phenoxy) is 2. The number of hydrogen-bond acceptors (Lipinski definition) is 6. The number of benzene rings is 2. The molecule has 0 saturated heterocycles. The van der Waals surface area contributed by atoms with Crippen molar-refractivity contribution in [3.8, 4) is 11.5 Å². The van der Waals surface area contributed by atoms with Gasteiger partial charge in [0.15, 0.2) is 0 Å². The summed E-state index contributed by atoms with van der Waals surface area (Å²) in [7, 11) is 3.20. The molecule has 132 valence electrons. The van der Waals surface area contributed by atoms with E-state index in [4.69, 9.17) is 9.47 Å². The molecule has 7 nitrogen and oxygen atoms in total. The van der Waals surface area contributed by atoms with Gasteiger partial charge in [0, 0.05) is 17.3 Å². The van der Waals surface area contributed by atoms with Gasteiger partial charge in [-0.2, -0.15) is 4.68 Å². The first-order chi connectivity index (χ1) is 12.7. The lowest BCUT2D eigenvalue weighted by atomic mass is 10.0. The van der Waals surface area contributed by atoms with Gasteiger partial charge in [-0.25, -0.2) is 4.39 Å². The van der Waals surface area contributed by atoms with E-state index in [1.54, 1.807) is 31.0 Å². The zero-order chi connectivity index (χ0) is 18.1. The van der Waals surface area contributed by atoms with Gasteiger partial charge < -0.3 is 14.8 Å². The van der Waals surface area contributed by atoms with Crippen LogP contribution in [0.2, 0.25) is 0 Å². The topological polar surface area (TPSA) is 74.1 Å². The molecule has 2 aromatic carbocycles. The van der Waals surface area contributed by atoms with Gasteiger partial charge in [-0.15, -0.1) is 0 Å². The lowest BCUT2D eigenvalue weighted by Crippen LogP contribution is -2.20. The third-order valence-electron chi connectivity index (χ3n) is 4.24. The summed E-state index contributed by atoms with van der Waals surface area (Å²) in [4.78, 5) is 0. The minimum atomic E-state index is -0.290. The fourth-order valence-electron chi connectivity index (χ4n) is 2.94. The van der Waals surface area contributed by atoms with Gasteiger partial charge >= 0.3 is 0 Å². The molecule has 1 atom stereocenters. The standard InChI is InChI=1S/C18H16FN5O2/c1-25-13-7-8-14(17(9-13)26-2)16-10-15(11-3-5-12(19)6-4-11)20-18-21-22-23-24(16)18/h3-10,16H,1-2H3,(H,20,21,23)/t16-/m1/s1. The number of tetrazole rings is 1. The van der Waals surface area contributed by atoms with Gasteiger partial charge in [-0.05, 0) is 58.5 Å². The highest BCUT2D eigenvalue weighted by molar-refractivity contribution is 5.77. The van der Waals surface area contributed by atoms with Gasteiger partial charge in [0.1, 0.15) is 23.4 Å². The number of hydrogen-bond donors (Lipinski definition) is 1. The third-order valence-corrected chi connectivity index (χ3v) is 4.24. The number of anilines is 1. The van der Waals surface area contributed by atoms with Crippen LogP contribution in [0.25, 0.3) is 5.70 Å². The first kappa shape index (κ1) is 16.1. The van der Waals surface area contributed by atoms with Crippen molar-refractivity contribution >= 4 is 11.6 Å². The Balaban J connectivity index is 1.82. The van der Waals surface area contributed by atoms with Crippen LogP contribution in [0, 0.1) is 5.82 Å². The number of rotatable bonds is 4. The highest BCUT2D eigenvalue weighted by Crippen LogP contribution is 2.37. The smallest absolute Gasteiger partial charge is 0.248 e. The van der Waals surface area contributed by atoms with Gasteiger partial charge in [0.25, 0.3) is 0 Å². The Labute approximate surface area is 149 Å². The summed E-state index contributed by atoms with van der Waals surface area (Å²) in [6, 6.07) is 11.5. The van der Waals surface area contributed by atoms with Crippen LogP contribution in [-0.2, 0) is 0 Å². The Bertz CT molecular complexity index is 968. The molecule has 26 heavy (non-hydrogen) atoms. The molecule has 0 fully saturated rings. The fraction of sp³-hybridized carbons (Fsp3) is 0.167. The van der Waals surface area contributed by atoms with Crippen molar-refractivity contribution < 1.29 is 13.9 Å². The second kappa shape index (κ2) is 6.47. The van der Waals surface area contributed by atoms with Crippen LogP contribution in [0.15, 0.2) is 48.5 Å². The predicted molar refractivity (Wildman–Crippen MR) is 93.5 cm³/mol. The molecule has 1 aliphatic heterocycles. The second-order valence-electron chi connectivity index (χ2n) is 5.71. The Morgan fingerprint density at radius 3 is 2.62 bits per heavy atom. The van der Waals surface area contributed by atoms with Crippen LogP contribution in [0.4, 0.5) is 10.3 Å². The first-order valence-electron chi connectivity index (χ1n) is 7.94. The van der Waals surface area contributed by atoms with Crippen LogP contribution >= 0.6 is 0 Å². The molecule has 3 aromatic rings. The van der Waals surface area contributed by atoms with Gasteiger partial charge in [-0.1, -0.05) is 5.10 Å². The molecule has 0 amide bonds. The number of nitrogens with zero attached hydrogens (tertiary/aromatic N) is 4. The second-order valence-corrected chi connectivity index (χ2v) is 5.71. The van der Waals surface area contributed by atoms with Crippen LogP contribution in [-0.4, -0.2) is 34.4 Å². The average molecular weight is 353 g/mol. The summed E-state index contributed by atoms with van der Waals surface area (Å²) in [5, 5.41) is 15.0. The van der Waals surface area contributed by atoms with Gasteiger partial charge in [0.05, 0.1) is 14.2 Å². The molecule has 2 heterocycles. The van der Waals surface area contributed by atoms with E-state index in [0.717, 1.165) is 16.8 Å².